The average Bonchev–Trinajstić information content (AvgIpc) is 2.32. The predicted molar refractivity (Wildman–Crippen MR) is 72.5 cm³/mol. The molecule has 0 saturated heterocycles. The maximum Gasteiger partial charge on any atom is 0.130 e. The lowest BCUT2D eigenvalue weighted by Gasteiger charge is -2.06. The molecule has 3 aromatic rings. The van der Waals surface area contributed by atoms with Crippen molar-refractivity contribution < 1.29 is 5.11 Å². The lowest BCUT2D eigenvalue weighted by atomic mass is 10.0. The van der Waals surface area contributed by atoms with E-state index in [0.29, 0.717) is 5.75 Å². The molecule has 0 radical (unpaired) electrons. The van der Waals surface area contributed by atoms with Crippen LogP contribution < -0.4 is 5.30 Å². The van der Waals surface area contributed by atoms with Crippen molar-refractivity contribution in [3.63, 3.8) is 0 Å². The van der Waals surface area contributed by atoms with Crippen LogP contribution in [0, 0.1) is 0 Å². The van der Waals surface area contributed by atoms with E-state index in [1.165, 1.54) is 5.39 Å². The van der Waals surface area contributed by atoms with Gasteiger partial charge in [0.2, 0.25) is 0 Å². The molecule has 0 aromatic heterocycles. The van der Waals surface area contributed by atoms with Crippen LogP contribution in [-0.2, 0) is 0 Å². The zero-order chi connectivity index (χ0) is 11.1. The number of phenols is 1. The second-order valence-electron chi connectivity index (χ2n) is 3.92. The van der Waals surface area contributed by atoms with Gasteiger partial charge in [0, 0.05) is 10.7 Å². The molecule has 1 atom stereocenters. The van der Waals surface area contributed by atoms with Crippen LogP contribution in [0.3, 0.4) is 0 Å². The molecule has 3 aromatic carbocycles. The molecule has 0 spiro atoms. The Balaban J connectivity index is 2.51. The van der Waals surface area contributed by atoms with Crippen molar-refractivity contribution in [2.75, 3.05) is 0 Å². The fourth-order valence-corrected chi connectivity index (χ4v) is 2.27. The summed E-state index contributed by atoms with van der Waals surface area (Å²) in [6.07, 6.45) is 0. The number of hydrogen-bond acceptors (Lipinski definition) is 1. The van der Waals surface area contributed by atoms with Crippen LogP contribution in [0.4, 0.5) is 0 Å². The van der Waals surface area contributed by atoms with Gasteiger partial charge in [-0.3, -0.25) is 0 Å². The van der Waals surface area contributed by atoms with Gasteiger partial charge >= 0.3 is 0 Å². The summed E-state index contributed by atoms with van der Waals surface area (Å²) in [4.78, 5) is 0. The van der Waals surface area contributed by atoms with E-state index in [4.69, 9.17) is 0 Å². The third-order valence-electron chi connectivity index (χ3n) is 2.89. The van der Waals surface area contributed by atoms with E-state index in [1.807, 2.05) is 30.3 Å². The van der Waals surface area contributed by atoms with Crippen molar-refractivity contribution in [1.29, 1.82) is 0 Å². The zero-order valence-electron chi connectivity index (χ0n) is 8.64. The molecule has 0 fully saturated rings. The molecule has 1 N–H and O–H groups in total. The van der Waals surface area contributed by atoms with Gasteiger partial charge in [-0.15, -0.1) is 9.24 Å². The molecule has 0 bridgehead atoms. The van der Waals surface area contributed by atoms with Gasteiger partial charge < -0.3 is 5.11 Å². The standard InChI is InChI=1S/C14H11OP/c15-14-12-8-10-4-2-1-3-9(10)7-11(12)5-6-13(14)16/h1-8,15H,16H2. The fourth-order valence-electron chi connectivity index (χ4n) is 2.01. The maximum absolute atomic E-state index is 10.00. The van der Waals surface area contributed by atoms with Gasteiger partial charge in [0.15, 0.2) is 0 Å². The maximum atomic E-state index is 10.00. The van der Waals surface area contributed by atoms with Gasteiger partial charge in [-0.2, -0.15) is 0 Å². The molecule has 0 aliphatic carbocycles. The zero-order valence-corrected chi connectivity index (χ0v) is 9.80. The molecule has 2 heteroatoms. The van der Waals surface area contributed by atoms with Crippen LogP contribution in [0.2, 0.25) is 0 Å². The SMILES string of the molecule is Oc1c(P)ccc2cc3ccccc3cc12. The minimum absolute atomic E-state index is 0.355. The van der Waals surface area contributed by atoms with E-state index in [2.05, 4.69) is 27.4 Å². The lowest BCUT2D eigenvalue weighted by molar-refractivity contribution is 0.486. The normalized spacial score (nSPS) is 11.1. The largest absolute Gasteiger partial charge is 0.507 e. The van der Waals surface area contributed by atoms with Crippen LogP contribution in [0.15, 0.2) is 48.5 Å². The third kappa shape index (κ3) is 1.36. The van der Waals surface area contributed by atoms with E-state index < -0.39 is 0 Å². The number of aromatic hydroxyl groups is 1. The molecule has 3 rings (SSSR count). The van der Waals surface area contributed by atoms with E-state index in [0.717, 1.165) is 21.5 Å². The van der Waals surface area contributed by atoms with Crippen molar-refractivity contribution >= 4 is 36.1 Å². The van der Waals surface area contributed by atoms with Gasteiger partial charge in [-0.05, 0) is 28.3 Å². The number of hydrogen-bond donors (Lipinski definition) is 1. The predicted octanol–water partition coefficient (Wildman–Crippen LogP) is 3.20. The van der Waals surface area contributed by atoms with Gasteiger partial charge in [-0.1, -0.05) is 36.4 Å². The highest BCUT2D eigenvalue weighted by molar-refractivity contribution is 7.27. The minimum Gasteiger partial charge on any atom is -0.507 e. The Bertz CT molecular complexity index is 689. The van der Waals surface area contributed by atoms with Gasteiger partial charge in [0.05, 0.1) is 0 Å². The summed E-state index contributed by atoms with van der Waals surface area (Å²) in [5.74, 6) is 0.355. The second-order valence-corrected chi connectivity index (χ2v) is 4.55. The molecule has 0 aliphatic heterocycles. The van der Waals surface area contributed by atoms with Crippen LogP contribution in [-0.4, -0.2) is 5.11 Å². The Labute approximate surface area is 95.9 Å². The fraction of sp³-hybridized carbons (Fsp3) is 0. The first-order valence-electron chi connectivity index (χ1n) is 5.16. The van der Waals surface area contributed by atoms with Crippen molar-refractivity contribution in [2.45, 2.75) is 0 Å². The molecule has 0 heterocycles. The molecule has 16 heavy (non-hydrogen) atoms. The van der Waals surface area contributed by atoms with Crippen molar-refractivity contribution in [3.05, 3.63) is 48.5 Å². The molecule has 1 nitrogen and oxygen atoms in total. The third-order valence-corrected chi connectivity index (χ3v) is 3.35. The van der Waals surface area contributed by atoms with Crippen molar-refractivity contribution in [2.24, 2.45) is 0 Å². The van der Waals surface area contributed by atoms with Gasteiger partial charge in [0.1, 0.15) is 5.75 Å². The first-order chi connectivity index (χ1) is 7.75. The smallest absolute Gasteiger partial charge is 0.130 e. The number of fused-ring (bicyclic) bond motifs is 2. The summed E-state index contributed by atoms with van der Waals surface area (Å²) in [5, 5.41) is 15.2. The molecule has 0 aliphatic rings. The number of benzene rings is 3. The molecular formula is C14H11OP. The molecule has 0 saturated carbocycles. The van der Waals surface area contributed by atoms with Crippen LogP contribution in [0.5, 0.6) is 5.75 Å². The Hall–Kier alpha value is -1.59. The summed E-state index contributed by atoms with van der Waals surface area (Å²) in [6.45, 7) is 0. The molecular weight excluding hydrogens is 215 g/mol. The highest BCUT2D eigenvalue weighted by Crippen LogP contribution is 2.28. The highest BCUT2D eigenvalue weighted by Gasteiger charge is 2.04. The summed E-state index contributed by atoms with van der Waals surface area (Å²) in [5.41, 5.74) is 0. The average molecular weight is 226 g/mol. The van der Waals surface area contributed by atoms with Crippen molar-refractivity contribution in [3.8, 4) is 5.75 Å². The monoisotopic (exact) mass is 226 g/mol. The summed E-state index contributed by atoms with van der Waals surface area (Å²) in [6, 6.07) is 16.3. The Morgan fingerprint density at radius 3 is 2.25 bits per heavy atom. The summed E-state index contributed by atoms with van der Waals surface area (Å²) < 4.78 is 0. The number of phenolic OH excluding ortho intramolecular Hbond substituents is 1. The first-order valence-corrected chi connectivity index (χ1v) is 5.73. The molecule has 1 unspecified atom stereocenters. The first kappa shape index (κ1) is 9.62. The van der Waals surface area contributed by atoms with E-state index in [-0.39, 0.29) is 0 Å². The minimum atomic E-state index is 0.355. The van der Waals surface area contributed by atoms with E-state index >= 15 is 0 Å². The van der Waals surface area contributed by atoms with E-state index in [1.54, 1.807) is 0 Å². The summed E-state index contributed by atoms with van der Waals surface area (Å²) >= 11 is 0. The molecule has 78 valence electrons. The Morgan fingerprint density at radius 2 is 1.50 bits per heavy atom. The molecule has 0 amide bonds. The quantitative estimate of drug-likeness (QED) is 0.461. The highest BCUT2D eigenvalue weighted by atomic mass is 31.0. The Morgan fingerprint density at radius 1 is 0.812 bits per heavy atom. The topological polar surface area (TPSA) is 20.2 Å². The Kier molecular flexibility index (Phi) is 2.08. The summed E-state index contributed by atoms with van der Waals surface area (Å²) in [7, 11) is 2.55. The van der Waals surface area contributed by atoms with Crippen LogP contribution in [0.25, 0.3) is 21.5 Å². The van der Waals surface area contributed by atoms with Crippen molar-refractivity contribution in [1.82, 2.24) is 0 Å². The van der Waals surface area contributed by atoms with Gasteiger partial charge in [0.25, 0.3) is 0 Å². The number of rotatable bonds is 0. The second kappa shape index (κ2) is 3.47. The van der Waals surface area contributed by atoms with Crippen LogP contribution in [0.1, 0.15) is 0 Å². The van der Waals surface area contributed by atoms with E-state index in [9.17, 15) is 5.11 Å². The van der Waals surface area contributed by atoms with Gasteiger partial charge in [-0.25, -0.2) is 0 Å². The van der Waals surface area contributed by atoms with Crippen LogP contribution >= 0.6 is 9.24 Å². The lowest BCUT2D eigenvalue weighted by Crippen LogP contribution is -1.91.